The molecule has 0 aromatic rings. The monoisotopic (exact) mass is 157 g/mol. The number of nitrogens with zero attached hydrogens (tertiary/aromatic N) is 3. The van der Waals surface area contributed by atoms with Gasteiger partial charge in [0.25, 0.3) is 0 Å². The summed E-state index contributed by atoms with van der Waals surface area (Å²) in [4.78, 5) is 19.5. The van der Waals surface area contributed by atoms with Crippen LogP contribution in [0.4, 0.5) is 0 Å². The lowest BCUT2D eigenvalue weighted by Crippen LogP contribution is -2.41. The van der Waals surface area contributed by atoms with Gasteiger partial charge >= 0.3 is 11.6 Å². The van der Waals surface area contributed by atoms with Crippen molar-refractivity contribution >= 4 is 5.97 Å². The Morgan fingerprint density at radius 3 is 2.55 bits per heavy atom. The largest absolute Gasteiger partial charge is 0.474 e. The highest BCUT2D eigenvalue weighted by atomic mass is 16.6. The van der Waals surface area contributed by atoms with Gasteiger partial charge in [0.05, 0.1) is 17.2 Å². The quantitative estimate of drug-likeness (QED) is 0.450. The Hall–Kier alpha value is -1.79. The Morgan fingerprint density at radius 1 is 1.73 bits per heavy atom. The fraction of sp³-hybridized carbons (Fsp3) is 0.250. The van der Waals surface area contributed by atoms with Crippen LogP contribution in [0, 0.1) is 10.1 Å². The van der Waals surface area contributed by atoms with Crippen LogP contribution in [0.3, 0.4) is 0 Å². The molecule has 0 aliphatic carbocycles. The second-order valence-electron chi connectivity index (χ2n) is 1.82. The number of azo groups is 1. The smallest absolute Gasteiger partial charge is 0.446 e. The molecule has 7 nitrogen and oxygen atoms in total. The molecule has 0 spiro atoms. The molecule has 0 saturated heterocycles. The van der Waals surface area contributed by atoms with Gasteiger partial charge < -0.3 is 5.11 Å². The average molecular weight is 157 g/mol. The molecule has 0 aromatic heterocycles. The molecule has 1 heterocycles. The second kappa shape index (κ2) is 2.11. The van der Waals surface area contributed by atoms with Gasteiger partial charge in [-0.25, -0.2) is 4.79 Å². The molecule has 0 amide bonds. The van der Waals surface area contributed by atoms with Crippen LogP contribution >= 0.6 is 0 Å². The van der Waals surface area contributed by atoms with E-state index >= 15 is 0 Å². The first-order chi connectivity index (χ1) is 5.09. The summed E-state index contributed by atoms with van der Waals surface area (Å²) in [5.41, 5.74) is -2.39. The Balaban J connectivity index is 3.09. The van der Waals surface area contributed by atoms with Crippen molar-refractivity contribution in [2.24, 2.45) is 10.2 Å². The number of nitro groups is 1. The minimum absolute atomic E-state index is 0.815. The third-order valence-electron chi connectivity index (χ3n) is 1.18. The van der Waals surface area contributed by atoms with E-state index in [9.17, 15) is 14.9 Å². The zero-order valence-corrected chi connectivity index (χ0v) is 5.17. The van der Waals surface area contributed by atoms with Crippen LogP contribution in [0.5, 0.6) is 0 Å². The first kappa shape index (κ1) is 7.32. The maximum absolute atomic E-state index is 10.3. The van der Waals surface area contributed by atoms with Crippen molar-refractivity contribution in [2.75, 3.05) is 0 Å². The van der Waals surface area contributed by atoms with Crippen molar-refractivity contribution in [3.05, 3.63) is 22.4 Å². The van der Waals surface area contributed by atoms with E-state index < -0.39 is 16.6 Å². The molecule has 0 fully saturated rings. The average Bonchev–Trinajstić information content (AvgIpc) is 2.34. The number of carboxylic acid groups (broad SMARTS) is 1. The van der Waals surface area contributed by atoms with Crippen molar-refractivity contribution in [1.29, 1.82) is 0 Å². The number of hydrogen-bond donors (Lipinski definition) is 1. The molecule has 1 atom stereocenters. The SMILES string of the molecule is O=C(O)C1([N+](=O)[O-])C=CN=N1. The molecule has 0 aromatic carbocycles. The lowest BCUT2D eigenvalue weighted by molar-refractivity contribution is -0.539. The van der Waals surface area contributed by atoms with Crippen molar-refractivity contribution < 1.29 is 14.8 Å². The molecular weight excluding hydrogens is 154 g/mol. The first-order valence-corrected chi connectivity index (χ1v) is 2.57. The standard InChI is InChI=1S/C4H3N3O4/c8-3(9)4(7(10)11)1-2-5-6-4/h1-2H,(H,8,9). The third kappa shape index (κ3) is 0.858. The first-order valence-electron chi connectivity index (χ1n) is 2.57. The van der Waals surface area contributed by atoms with E-state index in [-0.39, 0.29) is 0 Å². The second-order valence-corrected chi connectivity index (χ2v) is 1.82. The highest BCUT2D eigenvalue weighted by Gasteiger charge is 2.51. The maximum Gasteiger partial charge on any atom is 0.446 e. The molecule has 7 heteroatoms. The summed E-state index contributed by atoms with van der Waals surface area (Å²) in [5, 5.41) is 24.7. The predicted octanol–water partition coefficient (Wildman–Crippen LogP) is 0.0235. The third-order valence-corrected chi connectivity index (χ3v) is 1.18. The van der Waals surface area contributed by atoms with Gasteiger partial charge in [-0.15, -0.1) is 0 Å². The Bertz CT molecular complexity index is 241. The van der Waals surface area contributed by atoms with Gasteiger partial charge in [-0.2, -0.15) is 5.11 Å². The Kier molecular flexibility index (Phi) is 1.41. The van der Waals surface area contributed by atoms with E-state index in [0.29, 0.717) is 0 Å². The zero-order valence-electron chi connectivity index (χ0n) is 5.17. The summed E-state index contributed by atoms with van der Waals surface area (Å²) in [6.45, 7) is 0. The van der Waals surface area contributed by atoms with Crippen LogP contribution in [0.25, 0.3) is 0 Å². The minimum atomic E-state index is -2.39. The predicted molar refractivity (Wildman–Crippen MR) is 31.4 cm³/mol. The number of hydrogen-bond acceptors (Lipinski definition) is 5. The fourth-order valence-corrected chi connectivity index (χ4v) is 0.581. The molecule has 1 aliphatic heterocycles. The number of carboxylic acids is 1. The van der Waals surface area contributed by atoms with Crippen molar-refractivity contribution in [2.45, 2.75) is 5.66 Å². The molecule has 1 unspecified atom stereocenters. The summed E-state index contributed by atoms with van der Waals surface area (Å²) < 4.78 is 0. The molecular formula is C4H3N3O4. The van der Waals surface area contributed by atoms with Crippen LogP contribution < -0.4 is 0 Å². The highest BCUT2D eigenvalue weighted by Crippen LogP contribution is 2.19. The van der Waals surface area contributed by atoms with Crippen LogP contribution in [-0.4, -0.2) is 21.7 Å². The van der Waals surface area contributed by atoms with Gasteiger partial charge in [-0.05, 0) is 0 Å². The van der Waals surface area contributed by atoms with Gasteiger partial charge in [0.15, 0.2) is 0 Å². The van der Waals surface area contributed by atoms with E-state index in [4.69, 9.17) is 5.11 Å². The Labute approximate surface area is 60.2 Å². The number of carbonyl (C=O) groups is 1. The summed E-state index contributed by atoms with van der Waals surface area (Å²) >= 11 is 0. The van der Waals surface area contributed by atoms with Crippen LogP contribution in [0.2, 0.25) is 0 Å². The van der Waals surface area contributed by atoms with Gasteiger partial charge in [-0.3, -0.25) is 10.1 Å². The van der Waals surface area contributed by atoms with E-state index in [0.717, 1.165) is 12.3 Å². The summed E-state index contributed by atoms with van der Waals surface area (Å²) in [5.74, 6) is -1.64. The van der Waals surface area contributed by atoms with E-state index in [2.05, 4.69) is 10.2 Å². The van der Waals surface area contributed by atoms with Crippen molar-refractivity contribution in [1.82, 2.24) is 0 Å². The zero-order chi connectivity index (χ0) is 8.48. The maximum atomic E-state index is 10.3. The molecule has 11 heavy (non-hydrogen) atoms. The molecule has 0 saturated carbocycles. The van der Waals surface area contributed by atoms with Crippen molar-refractivity contribution in [3.8, 4) is 0 Å². The fourth-order valence-electron chi connectivity index (χ4n) is 0.581. The molecule has 58 valence electrons. The molecule has 0 bridgehead atoms. The summed E-state index contributed by atoms with van der Waals surface area (Å²) in [6.07, 6.45) is 1.80. The highest BCUT2D eigenvalue weighted by molar-refractivity contribution is 5.79. The normalized spacial score (nSPS) is 27.3. The van der Waals surface area contributed by atoms with Crippen LogP contribution in [-0.2, 0) is 4.79 Å². The van der Waals surface area contributed by atoms with Crippen molar-refractivity contribution in [3.63, 3.8) is 0 Å². The molecule has 0 radical (unpaired) electrons. The molecule has 1 aliphatic rings. The lowest BCUT2D eigenvalue weighted by Gasteiger charge is -2.05. The van der Waals surface area contributed by atoms with Gasteiger partial charge in [-0.1, -0.05) is 5.11 Å². The molecule has 1 rings (SSSR count). The van der Waals surface area contributed by atoms with Gasteiger partial charge in [0.2, 0.25) is 0 Å². The number of aliphatic carboxylic acids is 1. The summed E-state index contributed by atoms with van der Waals surface area (Å²) in [7, 11) is 0. The summed E-state index contributed by atoms with van der Waals surface area (Å²) in [6, 6.07) is 0. The van der Waals surface area contributed by atoms with E-state index in [1.807, 2.05) is 0 Å². The van der Waals surface area contributed by atoms with Gasteiger partial charge in [0.1, 0.15) is 0 Å². The van der Waals surface area contributed by atoms with E-state index in [1.54, 1.807) is 0 Å². The molecule has 1 N–H and O–H groups in total. The number of rotatable bonds is 2. The van der Waals surface area contributed by atoms with Crippen LogP contribution in [0.1, 0.15) is 0 Å². The Morgan fingerprint density at radius 2 is 2.36 bits per heavy atom. The van der Waals surface area contributed by atoms with Gasteiger partial charge in [0, 0.05) is 0 Å². The van der Waals surface area contributed by atoms with Crippen LogP contribution in [0.15, 0.2) is 22.5 Å². The lowest BCUT2D eigenvalue weighted by atomic mass is 10.2. The topological polar surface area (TPSA) is 105 Å². The van der Waals surface area contributed by atoms with E-state index in [1.165, 1.54) is 0 Å². The minimum Gasteiger partial charge on any atom is -0.474 e.